The average molecular weight is 483 g/mol. The van der Waals surface area contributed by atoms with E-state index in [0.29, 0.717) is 36.0 Å². The van der Waals surface area contributed by atoms with E-state index < -0.39 is 18.2 Å². The van der Waals surface area contributed by atoms with Crippen LogP contribution in [0.4, 0.5) is 17.6 Å². The van der Waals surface area contributed by atoms with Crippen LogP contribution in [0.15, 0.2) is 72.8 Å². The maximum Gasteiger partial charge on any atom is 0.387 e. The van der Waals surface area contributed by atoms with Gasteiger partial charge in [-0.15, -0.1) is 0 Å². The third-order valence-electron chi connectivity index (χ3n) is 6.03. The first-order valence-corrected chi connectivity index (χ1v) is 11.4. The van der Waals surface area contributed by atoms with Crippen molar-refractivity contribution in [2.75, 3.05) is 7.11 Å². The van der Waals surface area contributed by atoms with Crippen LogP contribution in [0.25, 0.3) is 10.8 Å². The van der Waals surface area contributed by atoms with Gasteiger partial charge in [-0.25, -0.2) is 8.78 Å². The molecule has 0 unspecified atom stereocenters. The number of rotatable bonds is 10. The molecular weight excluding hydrogens is 456 g/mol. The van der Waals surface area contributed by atoms with E-state index in [4.69, 9.17) is 4.74 Å². The lowest BCUT2D eigenvalue weighted by Gasteiger charge is -2.10. The molecule has 0 atom stereocenters. The Kier molecular flexibility index (Phi) is 8.03. The molecule has 0 bridgehead atoms. The van der Waals surface area contributed by atoms with Crippen LogP contribution in [0.1, 0.15) is 27.8 Å². The summed E-state index contributed by atoms with van der Waals surface area (Å²) in [4.78, 5) is 0. The molecule has 0 fully saturated rings. The first-order valence-electron chi connectivity index (χ1n) is 11.4. The van der Waals surface area contributed by atoms with Crippen LogP contribution in [-0.4, -0.2) is 13.7 Å². The van der Waals surface area contributed by atoms with Gasteiger partial charge in [-0.05, 0) is 71.0 Å². The molecule has 6 heteroatoms. The number of fused-ring (bicyclic) bond motifs is 1. The highest BCUT2D eigenvalue weighted by Gasteiger charge is 2.12. The van der Waals surface area contributed by atoms with Crippen molar-refractivity contribution in [2.24, 2.45) is 0 Å². The summed E-state index contributed by atoms with van der Waals surface area (Å²) in [6.45, 7) is -2.49. The summed E-state index contributed by atoms with van der Waals surface area (Å²) in [5.74, 6) is -1.65. The smallest absolute Gasteiger partial charge is 0.387 e. The third kappa shape index (κ3) is 6.40. The summed E-state index contributed by atoms with van der Waals surface area (Å²) in [7, 11) is 1.68. The molecule has 4 aromatic rings. The molecule has 0 N–H and O–H groups in total. The monoisotopic (exact) mass is 482 g/mol. The molecule has 0 spiro atoms. The number of halogens is 4. The molecular formula is C29H26F4O2. The Morgan fingerprint density at radius 2 is 1.31 bits per heavy atom. The van der Waals surface area contributed by atoms with Crippen molar-refractivity contribution < 1.29 is 27.0 Å². The van der Waals surface area contributed by atoms with Crippen molar-refractivity contribution in [1.29, 1.82) is 0 Å². The molecule has 4 rings (SSSR count). The van der Waals surface area contributed by atoms with Gasteiger partial charge in [-0.3, -0.25) is 0 Å². The minimum absolute atomic E-state index is 0.291. The number of benzene rings is 4. The van der Waals surface area contributed by atoms with E-state index in [-0.39, 0.29) is 5.82 Å². The van der Waals surface area contributed by atoms with Gasteiger partial charge in [0.25, 0.3) is 0 Å². The van der Waals surface area contributed by atoms with Crippen molar-refractivity contribution >= 4 is 10.8 Å². The molecule has 0 radical (unpaired) electrons. The van der Waals surface area contributed by atoms with Crippen molar-refractivity contribution in [3.63, 3.8) is 0 Å². The van der Waals surface area contributed by atoms with Gasteiger partial charge in [0.2, 0.25) is 0 Å². The Labute approximate surface area is 202 Å². The highest BCUT2D eigenvalue weighted by atomic mass is 19.3. The van der Waals surface area contributed by atoms with E-state index in [9.17, 15) is 13.2 Å². The fourth-order valence-corrected chi connectivity index (χ4v) is 4.16. The van der Waals surface area contributed by atoms with Crippen LogP contribution in [-0.2, 0) is 37.0 Å². The van der Waals surface area contributed by atoms with Crippen LogP contribution in [0.3, 0.4) is 0 Å². The molecule has 0 saturated carbocycles. The fraction of sp³-hybridized carbons (Fsp3) is 0.241. The molecule has 0 aliphatic rings. The molecule has 182 valence electrons. The molecule has 35 heavy (non-hydrogen) atoms. The number of ether oxygens (including phenoxy) is 2. The van der Waals surface area contributed by atoms with Gasteiger partial charge >= 0.3 is 6.61 Å². The highest BCUT2D eigenvalue weighted by Crippen LogP contribution is 2.26. The summed E-state index contributed by atoms with van der Waals surface area (Å²) >= 11 is 0. The van der Waals surface area contributed by atoms with E-state index in [2.05, 4.69) is 29.0 Å². The minimum Gasteiger partial charge on any atom is -0.432 e. The van der Waals surface area contributed by atoms with Crippen LogP contribution < -0.4 is 4.74 Å². The fourth-order valence-electron chi connectivity index (χ4n) is 4.16. The lowest BCUT2D eigenvalue weighted by Crippen LogP contribution is -2.04. The van der Waals surface area contributed by atoms with E-state index in [1.54, 1.807) is 19.2 Å². The molecule has 0 heterocycles. The van der Waals surface area contributed by atoms with Gasteiger partial charge in [0.15, 0.2) is 11.6 Å². The van der Waals surface area contributed by atoms with Gasteiger partial charge in [-0.2, -0.15) is 8.78 Å². The first-order chi connectivity index (χ1) is 16.9. The Balaban J connectivity index is 1.41. The van der Waals surface area contributed by atoms with Gasteiger partial charge in [0.1, 0.15) is 5.82 Å². The summed E-state index contributed by atoms with van der Waals surface area (Å²) in [6, 6.07) is 21.6. The highest BCUT2D eigenvalue weighted by molar-refractivity contribution is 5.84. The normalized spacial score (nSPS) is 11.4. The number of hydrogen-bond donors (Lipinski definition) is 0. The zero-order chi connectivity index (χ0) is 24.8. The number of methoxy groups -OCH3 is 1. The molecule has 4 aromatic carbocycles. The second kappa shape index (κ2) is 11.4. The van der Waals surface area contributed by atoms with Crippen LogP contribution in [0.5, 0.6) is 5.75 Å². The van der Waals surface area contributed by atoms with Gasteiger partial charge in [0.05, 0.1) is 6.61 Å². The van der Waals surface area contributed by atoms with Crippen molar-refractivity contribution in [3.05, 3.63) is 112 Å². The zero-order valence-electron chi connectivity index (χ0n) is 19.4. The van der Waals surface area contributed by atoms with Gasteiger partial charge in [0, 0.05) is 12.5 Å². The number of aryl methyl sites for hydroxylation is 4. The van der Waals surface area contributed by atoms with E-state index >= 15 is 4.39 Å². The molecule has 0 aliphatic heterocycles. The Bertz CT molecular complexity index is 1290. The predicted molar refractivity (Wildman–Crippen MR) is 129 cm³/mol. The third-order valence-corrected chi connectivity index (χ3v) is 6.03. The van der Waals surface area contributed by atoms with Crippen LogP contribution >= 0.6 is 0 Å². The minimum atomic E-state index is -3.09. The van der Waals surface area contributed by atoms with Crippen molar-refractivity contribution in [3.8, 4) is 5.75 Å². The summed E-state index contributed by atoms with van der Waals surface area (Å²) in [5.41, 5.74) is 4.60. The van der Waals surface area contributed by atoms with Crippen LogP contribution in [0, 0.1) is 11.6 Å². The van der Waals surface area contributed by atoms with Crippen molar-refractivity contribution in [1.82, 2.24) is 0 Å². The number of alkyl halides is 2. The predicted octanol–water partition coefficient (Wildman–Crippen LogP) is 7.44. The summed E-state index contributed by atoms with van der Waals surface area (Å²) < 4.78 is 62.9. The van der Waals surface area contributed by atoms with Crippen molar-refractivity contribution in [2.45, 2.75) is 38.9 Å². The van der Waals surface area contributed by atoms with Crippen LogP contribution in [0.2, 0.25) is 0 Å². The molecule has 0 aliphatic carbocycles. The second-order valence-electron chi connectivity index (χ2n) is 8.49. The average Bonchev–Trinajstić information content (AvgIpc) is 2.85. The lowest BCUT2D eigenvalue weighted by molar-refractivity contribution is -0.0522. The quantitative estimate of drug-likeness (QED) is 0.219. The molecule has 2 nitrogen and oxygen atoms in total. The molecule has 0 amide bonds. The SMILES string of the molecule is COCc1ccc(CCc2ccc3c(F)c(CCc4ccc(OC(F)F)c(F)c4)ccc3c2)cc1. The van der Waals surface area contributed by atoms with E-state index in [1.807, 2.05) is 18.2 Å². The largest absolute Gasteiger partial charge is 0.432 e. The first kappa shape index (κ1) is 24.7. The van der Waals surface area contributed by atoms with Gasteiger partial charge < -0.3 is 9.47 Å². The van der Waals surface area contributed by atoms with Gasteiger partial charge in [-0.1, -0.05) is 60.7 Å². The topological polar surface area (TPSA) is 18.5 Å². The summed E-state index contributed by atoms with van der Waals surface area (Å²) in [6.07, 6.45) is 2.46. The van der Waals surface area contributed by atoms with E-state index in [0.717, 1.165) is 35.4 Å². The molecule has 0 saturated heterocycles. The standard InChI is InChI=1S/C29H26F4O2/c1-34-18-22-6-3-19(4-7-22)2-5-20-9-14-25-24(16-20)13-12-23(28(25)31)11-8-21-10-15-27(26(30)17-21)35-29(32)33/h3-4,6-7,9-10,12-17,29H,2,5,8,11,18H2,1H3. The zero-order valence-corrected chi connectivity index (χ0v) is 19.4. The van der Waals surface area contributed by atoms with E-state index in [1.165, 1.54) is 17.7 Å². The Hall–Kier alpha value is -3.38. The lowest BCUT2D eigenvalue weighted by atomic mass is 9.97. The Morgan fingerprint density at radius 1 is 0.686 bits per heavy atom. The maximum absolute atomic E-state index is 15.2. The molecule has 0 aromatic heterocycles. The maximum atomic E-state index is 15.2. The Morgan fingerprint density at radius 3 is 2.03 bits per heavy atom. The number of hydrogen-bond acceptors (Lipinski definition) is 2. The second-order valence-corrected chi connectivity index (χ2v) is 8.49. The summed E-state index contributed by atoms with van der Waals surface area (Å²) in [5, 5.41) is 1.38.